The highest BCUT2D eigenvalue weighted by Crippen LogP contribution is 2.42. The van der Waals surface area contributed by atoms with E-state index in [0.29, 0.717) is 33.1 Å². The molecule has 1 atom stereocenters. The first-order valence-electron chi connectivity index (χ1n) is 12.2. The monoisotopic (exact) mass is 544 g/mol. The predicted molar refractivity (Wildman–Crippen MR) is 147 cm³/mol. The van der Waals surface area contributed by atoms with E-state index < -0.39 is 23.4 Å². The largest absolute Gasteiger partial charge is 0.493 e. The van der Waals surface area contributed by atoms with E-state index in [2.05, 4.69) is 0 Å². The van der Waals surface area contributed by atoms with Gasteiger partial charge in [0.1, 0.15) is 11.9 Å². The average Bonchev–Trinajstić information content (AvgIpc) is 3.27. The lowest BCUT2D eigenvalue weighted by atomic mass is 9.92. The molecule has 0 amide bonds. The summed E-state index contributed by atoms with van der Waals surface area (Å²) < 4.78 is 32.9. The number of hydrogen-bond donors (Lipinski definition) is 0. The molecule has 0 unspecified atom stereocenters. The fourth-order valence-corrected chi connectivity index (χ4v) is 5.59. The molecule has 0 aliphatic carbocycles. The third-order valence-corrected chi connectivity index (χ3v) is 7.28. The zero-order chi connectivity index (χ0) is 27.5. The second kappa shape index (κ2) is 11.1. The number of halogens is 1. The van der Waals surface area contributed by atoms with Crippen molar-refractivity contribution < 1.29 is 23.4 Å². The van der Waals surface area contributed by atoms with Crippen LogP contribution in [0.3, 0.4) is 0 Å². The molecule has 0 radical (unpaired) electrons. The molecule has 0 N–H and O–H groups in total. The van der Waals surface area contributed by atoms with E-state index in [1.807, 2.05) is 30.3 Å². The predicted octanol–water partition coefficient (Wildman–Crippen LogP) is 4.09. The minimum atomic E-state index is -0.955. The molecule has 4 aromatic rings. The Kier molecular flexibility index (Phi) is 7.42. The third kappa shape index (κ3) is 4.77. The van der Waals surface area contributed by atoms with Crippen molar-refractivity contribution in [1.29, 1.82) is 0 Å². The maximum absolute atomic E-state index is 14.5. The number of aromatic nitrogens is 1. The molecular formula is C30H25FN2O5S. The molecular weight excluding hydrogens is 519 g/mol. The standard InChI is InChI=1S/C30H25FN2O5S/c1-4-38-29(35)24-25(18-11-6-5-7-12-18)32-30-33(26(24)20-14-10-16-22(36-2)27(20)37-3)28(34)23(39-30)17-19-13-8-9-15-21(19)31/h5-17,26H,4H2,1-3H3/b23-17-/t26-/m1/s1. The van der Waals surface area contributed by atoms with Crippen LogP contribution >= 0.6 is 11.3 Å². The Morgan fingerprint density at radius 3 is 2.46 bits per heavy atom. The fourth-order valence-electron chi connectivity index (χ4n) is 4.60. The Morgan fingerprint density at radius 1 is 1.03 bits per heavy atom. The van der Waals surface area contributed by atoms with Gasteiger partial charge in [0.15, 0.2) is 16.3 Å². The molecule has 0 fully saturated rings. The van der Waals surface area contributed by atoms with Crippen molar-refractivity contribution in [3.05, 3.63) is 121 Å². The van der Waals surface area contributed by atoms with Crippen LogP contribution in [0.4, 0.5) is 4.39 Å². The van der Waals surface area contributed by atoms with E-state index in [4.69, 9.17) is 19.2 Å². The van der Waals surface area contributed by atoms with Gasteiger partial charge in [-0.1, -0.05) is 72.0 Å². The summed E-state index contributed by atoms with van der Waals surface area (Å²) in [5, 5.41) is 0. The molecule has 39 heavy (non-hydrogen) atoms. The molecule has 2 heterocycles. The quantitative estimate of drug-likeness (QED) is 0.328. The topological polar surface area (TPSA) is 79.1 Å². The molecule has 9 heteroatoms. The van der Waals surface area contributed by atoms with Crippen molar-refractivity contribution in [2.75, 3.05) is 20.8 Å². The number of nitrogens with zero attached hydrogens (tertiary/aromatic N) is 2. The van der Waals surface area contributed by atoms with Crippen molar-refractivity contribution in [2.24, 2.45) is 4.99 Å². The SMILES string of the molecule is CCOC(=O)C1=C(c2ccccc2)N=c2s/c(=C\c3ccccc3F)c(=O)n2[C@@H]1c1cccc(OC)c1OC. The molecule has 1 aliphatic rings. The van der Waals surface area contributed by atoms with E-state index in [0.717, 1.165) is 11.3 Å². The number of hydrogen-bond acceptors (Lipinski definition) is 7. The number of fused-ring (bicyclic) bond motifs is 1. The molecule has 0 saturated carbocycles. The number of ether oxygens (including phenoxy) is 3. The van der Waals surface area contributed by atoms with Crippen molar-refractivity contribution in [1.82, 2.24) is 4.57 Å². The summed E-state index contributed by atoms with van der Waals surface area (Å²) in [6.07, 6.45) is 1.50. The van der Waals surface area contributed by atoms with Crippen LogP contribution in [0, 0.1) is 5.82 Å². The smallest absolute Gasteiger partial charge is 0.338 e. The fraction of sp³-hybridized carbons (Fsp3) is 0.167. The lowest BCUT2D eigenvalue weighted by Crippen LogP contribution is -2.40. The molecule has 1 aromatic heterocycles. The first-order chi connectivity index (χ1) is 19.0. The summed E-state index contributed by atoms with van der Waals surface area (Å²) in [6.45, 7) is 1.84. The van der Waals surface area contributed by atoms with Gasteiger partial charge in [0.05, 0.1) is 36.6 Å². The summed E-state index contributed by atoms with van der Waals surface area (Å²) in [6, 6.07) is 19.7. The summed E-state index contributed by atoms with van der Waals surface area (Å²) >= 11 is 1.12. The van der Waals surface area contributed by atoms with Crippen molar-refractivity contribution in [2.45, 2.75) is 13.0 Å². The van der Waals surface area contributed by atoms with Crippen LogP contribution in [0.5, 0.6) is 11.5 Å². The molecule has 0 spiro atoms. The van der Waals surface area contributed by atoms with Crippen LogP contribution in [0.1, 0.15) is 29.7 Å². The van der Waals surface area contributed by atoms with E-state index in [-0.39, 0.29) is 22.3 Å². The van der Waals surface area contributed by atoms with Crippen molar-refractivity contribution in [3.63, 3.8) is 0 Å². The number of para-hydroxylation sites is 1. The summed E-state index contributed by atoms with van der Waals surface area (Å²) in [7, 11) is 3.01. The summed E-state index contributed by atoms with van der Waals surface area (Å²) in [4.78, 5) is 32.7. The number of methoxy groups -OCH3 is 2. The molecule has 5 rings (SSSR count). The van der Waals surface area contributed by atoms with E-state index in [9.17, 15) is 14.0 Å². The van der Waals surface area contributed by atoms with E-state index in [1.54, 1.807) is 43.3 Å². The Balaban J connectivity index is 1.90. The molecule has 3 aromatic carbocycles. The minimum Gasteiger partial charge on any atom is -0.493 e. The van der Waals surface area contributed by atoms with Crippen molar-refractivity contribution >= 4 is 29.1 Å². The number of thiazole rings is 1. The zero-order valence-corrected chi connectivity index (χ0v) is 22.3. The van der Waals surface area contributed by atoms with Gasteiger partial charge < -0.3 is 14.2 Å². The normalized spacial score (nSPS) is 15.0. The lowest BCUT2D eigenvalue weighted by molar-refractivity contribution is -0.138. The molecule has 0 bridgehead atoms. The number of rotatable bonds is 7. The second-order valence-corrected chi connectivity index (χ2v) is 9.54. The van der Waals surface area contributed by atoms with Gasteiger partial charge in [0.25, 0.3) is 5.56 Å². The number of carbonyl (C=O) groups excluding carboxylic acids is 1. The Labute approximate surface area is 227 Å². The minimum absolute atomic E-state index is 0.129. The highest BCUT2D eigenvalue weighted by molar-refractivity contribution is 7.07. The highest BCUT2D eigenvalue weighted by Gasteiger charge is 2.37. The highest BCUT2D eigenvalue weighted by atomic mass is 32.1. The van der Waals surface area contributed by atoms with Gasteiger partial charge in [0, 0.05) is 16.7 Å². The zero-order valence-electron chi connectivity index (χ0n) is 21.5. The maximum atomic E-state index is 14.5. The van der Waals surface area contributed by atoms with Gasteiger partial charge in [-0.3, -0.25) is 9.36 Å². The van der Waals surface area contributed by atoms with Crippen LogP contribution in [0.25, 0.3) is 11.8 Å². The molecule has 198 valence electrons. The van der Waals surface area contributed by atoms with Crippen molar-refractivity contribution in [3.8, 4) is 11.5 Å². The molecule has 7 nitrogen and oxygen atoms in total. The third-order valence-electron chi connectivity index (χ3n) is 6.29. The Hall–Kier alpha value is -4.50. The number of esters is 1. The van der Waals surface area contributed by atoms with Gasteiger partial charge in [-0.05, 0) is 25.1 Å². The number of carbonyl (C=O) groups is 1. The van der Waals surface area contributed by atoms with Crippen LogP contribution in [-0.4, -0.2) is 31.4 Å². The first-order valence-corrected chi connectivity index (χ1v) is 13.0. The maximum Gasteiger partial charge on any atom is 0.338 e. The first kappa shape index (κ1) is 26.1. The van der Waals surface area contributed by atoms with Gasteiger partial charge in [-0.15, -0.1) is 0 Å². The van der Waals surface area contributed by atoms with Crippen LogP contribution in [0.2, 0.25) is 0 Å². The Bertz CT molecular complexity index is 1760. The lowest BCUT2D eigenvalue weighted by Gasteiger charge is -2.27. The second-order valence-electron chi connectivity index (χ2n) is 8.54. The van der Waals surface area contributed by atoms with Gasteiger partial charge in [-0.25, -0.2) is 14.2 Å². The molecule has 0 saturated heterocycles. The van der Waals surface area contributed by atoms with Crippen LogP contribution in [-0.2, 0) is 9.53 Å². The summed E-state index contributed by atoms with van der Waals surface area (Å²) in [5.74, 6) is -0.264. The average molecular weight is 545 g/mol. The van der Waals surface area contributed by atoms with E-state index in [1.165, 1.54) is 30.9 Å². The van der Waals surface area contributed by atoms with Gasteiger partial charge >= 0.3 is 5.97 Å². The van der Waals surface area contributed by atoms with Crippen LogP contribution < -0.4 is 24.4 Å². The molecule has 1 aliphatic heterocycles. The number of benzene rings is 3. The van der Waals surface area contributed by atoms with Gasteiger partial charge in [-0.2, -0.15) is 0 Å². The van der Waals surface area contributed by atoms with E-state index >= 15 is 0 Å². The van der Waals surface area contributed by atoms with Crippen LogP contribution in [0.15, 0.2) is 88.2 Å². The summed E-state index contributed by atoms with van der Waals surface area (Å²) in [5.41, 5.74) is 1.60. The van der Waals surface area contributed by atoms with Gasteiger partial charge in [0.2, 0.25) is 0 Å². The Morgan fingerprint density at radius 2 is 1.77 bits per heavy atom.